The second-order valence-electron chi connectivity index (χ2n) is 6.60. The van der Waals surface area contributed by atoms with Crippen LogP contribution in [-0.4, -0.2) is 18.9 Å². The fourth-order valence-corrected chi connectivity index (χ4v) is 4.00. The Hall–Kier alpha value is -2.54. The highest BCUT2D eigenvalue weighted by Gasteiger charge is 2.39. The second kappa shape index (κ2) is 5.99. The Bertz CT molecular complexity index is 1160. The molecule has 0 radical (unpaired) electrons. The van der Waals surface area contributed by atoms with E-state index in [-0.39, 0.29) is 17.4 Å². The molecule has 4 rings (SSSR count). The third-order valence-corrected chi connectivity index (χ3v) is 4.88. The molecule has 0 N–H and O–H groups in total. The summed E-state index contributed by atoms with van der Waals surface area (Å²) in [4.78, 5) is 8.37. The van der Waals surface area contributed by atoms with Gasteiger partial charge in [-0.3, -0.25) is 8.97 Å². The molecule has 0 aliphatic heterocycles. The molecule has 8 heteroatoms. The van der Waals surface area contributed by atoms with Gasteiger partial charge in [0.1, 0.15) is 0 Å². The Morgan fingerprint density at radius 3 is 2.37 bits per heavy atom. The smallest absolute Gasteiger partial charge is 0.277 e. The van der Waals surface area contributed by atoms with Crippen molar-refractivity contribution in [1.29, 1.82) is 0 Å². The van der Waals surface area contributed by atoms with E-state index in [2.05, 4.69) is 9.97 Å². The molecule has 0 bridgehead atoms. The molecule has 0 unspecified atom stereocenters. The molecule has 0 amide bonds. The van der Waals surface area contributed by atoms with Gasteiger partial charge in [-0.2, -0.15) is 13.2 Å². The maximum absolute atomic E-state index is 13.5. The van der Waals surface area contributed by atoms with Gasteiger partial charge in [-0.1, -0.05) is 17.7 Å². The normalized spacial score (nSPS) is 12.4. The van der Waals surface area contributed by atoms with Gasteiger partial charge in [0.2, 0.25) is 5.78 Å². The number of nitrogens with zero attached hydrogens (tertiary/aromatic N) is 4. The molecular weight excluding hydrogens is 377 g/mol. The highest BCUT2D eigenvalue weighted by Crippen LogP contribution is 2.36. The minimum absolute atomic E-state index is 0.0849. The zero-order valence-corrected chi connectivity index (χ0v) is 15.7. The molecule has 4 nitrogen and oxygen atoms in total. The minimum atomic E-state index is -4.59. The number of halogens is 4. The average Bonchev–Trinajstić information content (AvgIpc) is 3.10. The maximum Gasteiger partial charge on any atom is 0.435 e. The van der Waals surface area contributed by atoms with Gasteiger partial charge in [-0.05, 0) is 44.0 Å². The molecule has 4 aromatic rings. The van der Waals surface area contributed by atoms with Crippen molar-refractivity contribution < 1.29 is 13.2 Å². The van der Waals surface area contributed by atoms with Crippen LogP contribution in [0.2, 0.25) is 0 Å². The lowest BCUT2D eigenvalue weighted by Gasteiger charge is -2.13. The van der Waals surface area contributed by atoms with Gasteiger partial charge in [0, 0.05) is 6.20 Å². The van der Waals surface area contributed by atoms with Crippen LogP contribution >= 0.6 is 11.6 Å². The summed E-state index contributed by atoms with van der Waals surface area (Å²) in [6.45, 7) is 5.83. The molecule has 140 valence electrons. The van der Waals surface area contributed by atoms with Crippen molar-refractivity contribution in [3.8, 4) is 5.69 Å². The monoisotopic (exact) mass is 392 g/mol. The van der Waals surface area contributed by atoms with Crippen LogP contribution in [-0.2, 0) is 12.1 Å². The van der Waals surface area contributed by atoms with Gasteiger partial charge in [0.25, 0.3) is 0 Å². The molecule has 0 aliphatic carbocycles. The van der Waals surface area contributed by atoms with Crippen molar-refractivity contribution in [1.82, 2.24) is 18.9 Å². The highest BCUT2D eigenvalue weighted by atomic mass is 35.5. The number of alkyl halides is 4. The van der Waals surface area contributed by atoms with Crippen molar-refractivity contribution in [3.05, 3.63) is 58.5 Å². The molecule has 0 saturated heterocycles. The molecule has 3 heterocycles. The molecule has 1 aromatic carbocycles. The highest BCUT2D eigenvalue weighted by molar-refractivity contribution is 6.17. The zero-order valence-electron chi connectivity index (χ0n) is 14.9. The van der Waals surface area contributed by atoms with Gasteiger partial charge < -0.3 is 0 Å². The molecule has 3 aromatic heterocycles. The first-order valence-electron chi connectivity index (χ1n) is 8.32. The van der Waals surface area contributed by atoms with Crippen LogP contribution in [0.1, 0.15) is 28.1 Å². The van der Waals surface area contributed by atoms with Crippen LogP contribution < -0.4 is 0 Å². The summed E-state index contributed by atoms with van der Waals surface area (Å²) < 4.78 is 43.8. The van der Waals surface area contributed by atoms with Crippen LogP contribution in [0.25, 0.3) is 22.6 Å². The van der Waals surface area contributed by atoms with E-state index in [9.17, 15) is 13.2 Å². The number of rotatable bonds is 2. The Labute approximate surface area is 158 Å². The van der Waals surface area contributed by atoms with E-state index in [0.717, 1.165) is 22.4 Å². The third-order valence-electron chi connectivity index (χ3n) is 4.63. The van der Waals surface area contributed by atoms with Gasteiger partial charge in [0.05, 0.1) is 22.8 Å². The van der Waals surface area contributed by atoms with Crippen LogP contribution in [0.15, 0.2) is 30.5 Å². The number of imidazole rings is 2. The summed E-state index contributed by atoms with van der Waals surface area (Å²) in [5.41, 5.74) is 3.74. The fraction of sp³-hybridized carbons (Fsp3) is 0.263. The van der Waals surface area contributed by atoms with Gasteiger partial charge in [-0.25, -0.2) is 9.97 Å². The summed E-state index contributed by atoms with van der Waals surface area (Å²) in [7, 11) is 0. The molecule has 0 saturated carbocycles. The zero-order chi connectivity index (χ0) is 19.5. The number of fused-ring (bicyclic) bond motifs is 3. The molecule has 0 fully saturated rings. The lowest BCUT2D eigenvalue weighted by atomic mass is 10.1. The SMILES string of the molecule is Cc1cc(C)c(-n2c3ncccc3n3c(CCl)c(C(F)(F)F)nc23)c(C)c1. The Balaban J connectivity index is 2.23. The van der Waals surface area contributed by atoms with E-state index in [1.165, 1.54) is 4.40 Å². The van der Waals surface area contributed by atoms with Crippen molar-refractivity contribution in [2.24, 2.45) is 0 Å². The maximum atomic E-state index is 13.5. The number of aromatic nitrogens is 4. The Morgan fingerprint density at radius 2 is 1.78 bits per heavy atom. The number of hydrogen-bond donors (Lipinski definition) is 0. The molecular formula is C19H16ClF3N4. The molecule has 0 aliphatic rings. The van der Waals surface area contributed by atoms with Crippen molar-refractivity contribution in [2.75, 3.05) is 0 Å². The fourth-order valence-electron chi connectivity index (χ4n) is 3.76. The topological polar surface area (TPSA) is 35.1 Å². The van der Waals surface area contributed by atoms with E-state index in [0.29, 0.717) is 11.2 Å². The summed E-state index contributed by atoms with van der Waals surface area (Å²) in [5.74, 6) is -0.155. The summed E-state index contributed by atoms with van der Waals surface area (Å²) in [5, 5.41) is 0. The van der Waals surface area contributed by atoms with E-state index in [1.54, 1.807) is 22.9 Å². The van der Waals surface area contributed by atoms with E-state index >= 15 is 0 Å². The second-order valence-corrected chi connectivity index (χ2v) is 6.87. The Kier molecular flexibility index (Phi) is 3.96. The van der Waals surface area contributed by atoms with Crippen LogP contribution in [0.4, 0.5) is 13.2 Å². The first-order valence-corrected chi connectivity index (χ1v) is 8.85. The summed E-state index contributed by atoms with van der Waals surface area (Å²) >= 11 is 5.91. The minimum Gasteiger partial charge on any atom is -0.277 e. The van der Waals surface area contributed by atoms with E-state index < -0.39 is 11.9 Å². The average molecular weight is 393 g/mol. The predicted molar refractivity (Wildman–Crippen MR) is 98.6 cm³/mol. The largest absolute Gasteiger partial charge is 0.435 e. The summed E-state index contributed by atoms with van der Waals surface area (Å²) in [6.07, 6.45) is -2.98. The molecule has 0 atom stereocenters. The van der Waals surface area contributed by atoms with Crippen LogP contribution in [0, 0.1) is 20.8 Å². The number of hydrogen-bond acceptors (Lipinski definition) is 2. The van der Waals surface area contributed by atoms with Gasteiger partial charge >= 0.3 is 6.18 Å². The van der Waals surface area contributed by atoms with Crippen molar-refractivity contribution in [2.45, 2.75) is 32.8 Å². The number of aryl methyl sites for hydroxylation is 3. The standard InChI is InChI=1S/C19H16ClF3N4/c1-10-7-11(2)15(12(3)8-10)27-17-13(5-4-6-24-17)26-14(9-20)16(19(21,22)23)25-18(26)27/h4-8H,9H2,1-3H3. The Morgan fingerprint density at radius 1 is 1.11 bits per heavy atom. The quantitative estimate of drug-likeness (QED) is 0.431. The molecule has 27 heavy (non-hydrogen) atoms. The third kappa shape index (κ3) is 2.60. The van der Waals surface area contributed by atoms with Gasteiger partial charge in [0.15, 0.2) is 11.3 Å². The lowest BCUT2D eigenvalue weighted by molar-refractivity contribution is -0.141. The first kappa shape index (κ1) is 17.9. The van der Waals surface area contributed by atoms with Crippen LogP contribution in [0.3, 0.4) is 0 Å². The predicted octanol–water partition coefficient (Wildman–Crippen LogP) is 5.36. The van der Waals surface area contributed by atoms with E-state index in [4.69, 9.17) is 11.6 Å². The van der Waals surface area contributed by atoms with Crippen LogP contribution in [0.5, 0.6) is 0 Å². The van der Waals surface area contributed by atoms with Crippen molar-refractivity contribution >= 4 is 28.5 Å². The first-order chi connectivity index (χ1) is 12.7. The van der Waals surface area contributed by atoms with Gasteiger partial charge in [-0.15, -0.1) is 11.6 Å². The summed E-state index contributed by atoms with van der Waals surface area (Å²) in [6, 6.07) is 7.39. The lowest BCUT2D eigenvalue weighted by Crippen LogP contribution is -2.09. The van der Waals surface area contributed by atoms with E-state index in [1.807, 2.05) is 32.9 Å². The van der Waals surface area contributed by atoms with Crippen molar-refractivity contribution in [3.63, 3.8) is 0 Å². The number of pyridine rings is 1. The molecule has 0 spiro atoms. The number of benzene rings is 1.